The average molecular weight is 518 g/mol. The summed E-state index contributed by atoms with van der Waals surface area (Å²) in [6.45, 7) is 7.95. The Bertz CT molecular complexity index is 1150. The van der Waals surface area contributed by atoms with Crippen molar-refractivity contribution in [3.8, 4) is 5.75 Å². The van der Waals surface area contributed by atoms with E-state index in [0.29, 0.717) is 24.4 Å². The maximum Gasteiger partial charge on any atom is 0.244 e. The first-order chi connectivity index (χ1) is 17.0. The van der Waals surface area contributed by atoms with Gasteiger partial charge in [0.15, 0.2) is 0 Å². The average Bonchev–Trinajstić information content (AvgIpc) is 2.83. The fourth-order valence-corrected chi connectivity index (χ4v) is 4.73. The molecule has 0 saturated carbocycles. The normalized spacial score (nSPS) is 12.1. The first kappa shape index (κ1) is 29.2. The molecular weight excluding hydrogens is 478 g/mol. The maximum atomic E-state index is 13.7. The van der Waals surface area contributed by atoms with Crippen molar-refractivity contribution in [2.24, 2.45) is 0 Å². The van der Waals surface area contributed by atoms with Gasteiger partial charge in [0.1, 0.15) is 18.3 Å². The predicted octanol–water partition coefficient (Wildman–Crippen LogP) is 3.80. The van der Waals surface area contributed by atoms with Crippen LogP contribution in [0, 0.1) is 13.8 Å². The molecule has 0 aromatic heterocycles. The second-order valence-electron chi connectivity index (χ2n) is 8.98. The van der Waals surface area contributed by atoms with E-state index in [4.69, 9.17) is 4.74 Å². The van der Waals surface area contributed by atoms with Gasteiger partial charge in [0.05, 0.1) is 19.1 Å². The van der Waals surface area contributed by atoms with Crippen LogP contribution in [0.2, 0.25) is 0 Å². The second kappa shape index (κ2) is 13.3. The number of anilines is 1. The highest BCUT2D eigenvalue weighted by Crippen LogP contribution is 2.23. The van der Waals surface area contributed by atoms with Gasteiger partial charge in [-0.05, 0) is 67.6 Å². The Morgan fingerprint density at radius 2 is 1.78 bits per heavy atom. The van der Waals surface area contributed by atoms with Crippen LogP contribution in [0.15, 0.2) is 42.5 Å². The van der Waals surface area contributed by atoms with Crippen LogP contribution in [-0.4, -0.2) is 57.6 Å². The molecule has 2 aromatic rings. The molecule has 1 N–H and O–H groups in total. The van der Waals surface area contributed by atoms with Crippen LogP contribution in [-0.2, 0) is 26.2 Å². The van der Waals surface area contributed by atoms with Gasteiger partial charge in [0.2, 0.25) is 21.8 Å². The van der Waals surface area contributed by atoms with Crippen molar-refractivity contribution in [1.82, 2.24) is 10.2 Å². The Hall–Kier alpha value is -3.07. The van der Waals surface area contributed by atoms with Gasteiger partial charge in [-0.25, -0.2) is 8.42 Å². The third-order valence-corrected chi connectivity index (χ3v) is 7.30. The highest BCUT2D eigenvalue weighted by Gasteiger charge is 2.31. The fourth-order valence-electron chi connectivity index (χ4n) is 3.89. The van der Waals surface area contributed by atoms with Crippen molar-refractivity contribution in [1.29, 1.82) is 0 Å². The summed E-state index contributed by atoms with van der Waals surface area (Å²) in [7, 11) is -2.20. The number of nitrogens with one attached hydrogen (secondary N) is 1. The zero-order valence-electron chi connectivity index (χ0n) is 22.2. The van der Waals surface area contributed by atoms with Crippen LogP contribution in [0.3, 0.4) is 0 Å². The highest BCUT2D eigenvalue weighted by atomic mass is 32.2. The van der Waals surface area contributed by atoms with Crippen molar-refractivity contribution in [2.45, 2.75) is 59.5 Å². The van der Waals surface area contributed by atoms with Crippen LogP contribution < -0.4 is 14.4 Å². The van der Waals surface area contributed by atoms with Crippen molar-refractivity contribution < 1.29 is 22.7 Å². The third kappa shape index (κ3) is 7.98. The molecular formula is C27H39N3O5S. The number of ether oxygens (including phenoxy) is 1. The van der Waals surface area contributed by atoms with Gasteiger partial charge < -0.3 is 15.0 Å². The molecule has 0 aliphatic rings. The summed E-state index contributed by atoms with van der Waals surface area (Å²) in [6, 6.07) is 11.8. The molecule has 8 nitrogen and oxygen atoms in total. The van der Waals surface area contributed by atoms with Gasteiger partial charge in [-0.1, -0.05) is 38.5 Å². The van der Waals surface area contributed by atoms with E-state index in [0.717, 1.165) is 40.1 Å². The number of benzene rings is 2. The minimum atomic E-state index is -3.76. The van der Waals surface area contributed by atoms with E-state index < -0.39 is 28.5 Å². The number of hydrogen-bond acceptors (Lipinski definition) is 5. The van der Waals surface area contributed by atoms with Crippen molar-refractivity contribution in [3.05, 3.63) is 59.2 Å². The number of rotatable bonds is 13. The van der Waals surface area contributed by atoms with Crippen LogP contribution in [0.25, 0.3) is 0 Å². The summed E-state index contributed by atoms with van der Waals surface area (Å²) >= 11 is 0. The third-order valence-electron chi connectivity index (χ3n) is 6.16. The molecule has 0 spiro atoms. The number of carbonyl (C=O) groups is 2. The van der Waals surface area contributed by atoms with Gasteiger partial charge in [-0.15, -0.1) is 0 Å². The van der Waals surface area contributed by atoms with Gasteiger partial charge in [-0.2, -0.15) is 0 Å². The quantitative estimate of drug-likeness (QED) is 0.408. The number of unbranched alkanes of at least 4 members (excludes halogenated alkanes) is 1. The lowest BCUT2D eigenvalue weighted by atomic mass is 10.1. The molecule has 1 atom stereocenters. The largest absolute Gasteiger partial charge is 0.497 e. The van der Waals surface area contributed by atoms with Crippen LogP contribution in [0.1, 0.15) is 49.8 Å². The summed E-state index contributed by atoms with van der Waals surface area (Å²) in [5, 5.41) is 2.92. The molecule has 2 amide bonds. The number of sulfonamides is 1. The smallest absolute Gasteiger partial charge is 0.244 e. The summed E-state index contributed by atoms with van der Waals surface area (Å²) in [6.07, 6.45) is 3.23. The number of aryl methyl sites for hydroxylation is 2. The molecule has 0 aliphatic carbocycles. The minimum absolute atomic E-state index is 0.139. The van der Waals surface area contributed by atoms with E-state index >= 15 is 0 Å². The first-order valence-corrected chi connectivity index (χ1v) is 14.1. The number of amides is 2. The zero-order chi connectivity index (χ0) is 26.9. The molecule has 0 heterocycles. The number of methoxy groups -OCH3 is 1. The lowest BCUT2D eigenvalue weighted by molar-refractivity contribution is -0.140. The van der Waals surface area contributed by atoms with E-state index in [-0.39, 0.29) is 12.5 Å². The molecule has 9 heteroatoms. The van der Waals surface area contributed by atoms with Crippen molar-refractivity contribution in [3.63, 3.8) is 0 Å². The van der Waals surface area contributed by atoms with E-state index in [1.54, 1.807) is 31.4 Å². The van der Waals surface area contributed by atoms with Crippen LogP contribution >= 0.6 is 0 Å². The molecule has 2 rings (SSSR count). The first-order valence-electron chi connectivity index (χ1n) is 12.3. The standard InChI is InChI=1S/C27H39N3O5S/c1-7-9-15-28-27(32)25(8-2)29(18-22-11-10-12-24(17-22)35-5)26(31)19-30(36(6,33)34)23-14-13-20(3)21(4)16-23/h10-14,16-17,25H,7-9,15,18-19H2,1-6H3,(H,28,32)/t25-/m1/s1. The molecule has 198 valence electrons. The van der Waals surface area contributed by atoms with Gasteiger partial charge >= 0.3 is 0 Å². The van der Waals surface area contributed by atoms with Crippen molar-refractivity contribution >= 4 is 27.5 Å². The molecule has 0 radical (unpaired) electrons. The summed E-state index contributed by atoms with van der Waals surface area (Å²) in [5.74, 6) is -0.0773. The Morgan fingerprint density at radius 3 is 2.36 bits per heavy atom. The SMILES string of the molecule is CCCCNC(=O)[C@@H](CC)N(Cc1cccc(OC)c1)C(=O)CN(c1ccc(C)c(C)c1)S(C)(=O)=O. The second-order valence-corrected chi connectivity index (χ2v) is 10.9. The number of hydrogen-bond donors (Lipinski definition) is 1. The zero-order valence-corrected chi connectivity index (χ0v) is 23.0. The number of carbonyl (C=O) groups excluding carboxylic acids is 2. The molecule has 0 fully saturated rings. The Kier molecular flexibility index (Phi) is 10.8. The van der Waals surface area contributed by atoms with Gasteiger partial charge in [0.25, 0.3) is 0 Å². The molecule has 0 aliphatic heterocycles. The van der Waals surface area contributed by atoms with Crippen molar-refractivity contribution in [2.75, 3.05) is 30.8 Å². The maximum absolute atomic E-state index is 13.7. The summed E-state index contributed by atoms with van der Waals surface area (Å²) in [5.41, 5.74) is 3.13. The molecule has 36 heavy (non-hydrogen) atoms. The minimum Gasteiger partial charge on any atom is -0.497 e. The topological polar surface area (TPSA) is 96.0 Å². The summed E-state index contributed by atoms with van der Waals surface area (Å²) < 4.78 is 31.9. The van der Waals surface area contributed by atoms with Gasteiger partial charge in [0, 0.05) is 13.1 Å². The summed E-state index contributed by atoms with van der Waals surface area (Å²) in [4.78, 5) is 28.3. The molecule has 0 unspecified atom stereocenters. The Labute approximate surface area is 215 Å². The highest BCUT2D eigenvalue weighted by molar-refractivity contribution is 7.92. The van der Waals surface area contributed by atoms with Gasteiger partial charge in [-0.3, -0.25) is 13.9 Å². The van der Waals surface area contributed by atoms with E-state index in [1.807, 2.05) is 45.9 Å². The van der Waals surface area contributed by atoms with Crippen LogP contribution in [0.5, 0.6) is 5.75 Å². The van der Waals surface area contributed by atoms with E-state index in [9.17, 15) is 18.0 Å². The lowest BCUT2D eigenvalue weighted by Crippen LogP contribution is -2.52. The van der Waals surface area contributed by atoms with E-state index in [1.165, 1.54) is 4.90 Å². The number of nitrogens with zero attached hydrogens (tertiary/aromatic N) is 2. The predicted molar refractivity (Wildman–Crippen MR) is 144 cm³/mol. The molecule has 2 aromatic carbocycles. The molecule has 0 bridgehead atoms. The monoisotopic (exact) mass is 517 g/mol. The van der Waals surface area contributed by atoms with Crippen LogP contribution in [0.4, 0.5) is 5.69 Å². The molecule has 0 saturated heterocycles. The fraction of sp³-hybridized carbons (Fsp3) is 0.481. The Morgan fingerprint density at radius 1 is 1.06 bits per heavy atom. The lowest BCUT2D eigenvalue weighted by Gasteiger charge is -2.33. The van der Waals surface area contributed by atoms with E-state index in [2.05, 4.69) is 5.32 Å². The Balaban J connectivity index is 2.44.